The highest BCUT2D eigenvalue weighted by molar-refractivity contribution is 5.65. The van der Waals surface area contributed by atoms with Gasteiger partial charge in [0.15, 0.2) is 12.6 Å². The third-order valence-electron chi connectivity index (χ3n) is 4.23. The average Bonchev–Trinajstić information content (AvgIpc) is 2.60. The van der Waals surface area contributed by atoms with Crippen molar-refractivity contribution in [3.8, 4) is 0 Å². The topological polar surface area (TPSA) is 196 Å². The molecule has 2 aliphatic rings. The Morgan fingerprint density at radius 3 is 1.88 bits per heavy atom. The largest absolute Gasteiger partial charge is 0.463 e. The fourth-order valence-corrected chi connectivity index (χ4v) is 2.65. The monoisotopic (exact) mass is 384 g/mol. The summed E-state index contributed by atoms with van der Waals surface area (Å²) in [7, 11) is 0. The zero-order chi connectivity index (χ0) is 19.6. The van der Waals surface area contributed by atoms with Gasteiger partial charge in [0.25, 0.3) is 0 Å². The Labute approximate surface area is 148 Å². The molecule has 2 aliphatic heterocycles. The summed E-state index contributed by atoms with van der Waals surface area (Å²) in [4.78, 5) is 10.9. The maximum absolute atomic E-state index is 10.9. The van der Waals surface area contributed by atoms with E-state index in [1.54, 1.807) is 0 Å². The summed E-state index contributed by atoms with van der Waals surface area (Å²) in [5, 5.41) is 68.0. The first kappa shape index (κ1) is 21.4. The van der Waals surface area contributed by atoms with Gasteiger partial charge in [0.05, 0.1) is 6.61 Å². The number of ether oxygens (including phenoxy) is 4. The van der Waals surface area contributed by atoms with Crippen LogP contribution in [0.3, 0.4) is 0 Å². The Balaban J connectivity index is 1.95. The van der Waals surface area contributed by atoms with E-state index in [0.717, 1.165) is 6.92 Å². The van der Waals surface area contributed by atoms with Crippen LogP contribution >= 0.6 is 0 Å². The lowest BCUT2D eigenvalue weighted by atomic mass is 9.98. The molecule has 12 heteroatoms. The number of aliphatic hydroxyl groups excluding tert-OH is 7. The van der Waals surface area contributed by atoms with Crippen LogP contribution in [0.25, 0.3) is 0 Å². The Hall–Kier alpha value is -0.930. The molecule has 2 saturated heterocycles. The van der Waals surface area contributed by atoms with Crippen molar-refractivity contribution in [2.24, 2.45) is 0 Å². The molecule has 12 nitrogen and oxygen atoms in total. The number of esters is 1. The minimum Gasteiger partial charge on any atom is -0.463 e. The summed E-state index contributed by atoms with van der Waals surface area (Å²) in [6.45, 7) is 0.250. The Kier molecular flexibility index (Phi) is 7.27. The van der Waals surface area contributed by atoms with Crippen molar-refractivity contribution < 1.29 is 59.5 Å². The van der Waals surface area contributed by atoms with E-state index in [9.17, 15) is 40.5 Å². The van der Waals surface area contributed by atoms with E-state index in [2.05, 4.69) is 0 Å². The molecule has 0 amide bonds. The number of carbonyl (C=O) groups is 1. The molecule has 0 bridgehead atoms. The summed E-state index contributed by atoms with van der Waals surface area (Å²) in [6, 6.07) is 0. The van der Waals surface area contributed by atoms with E-state index in [1.807, 2.05) is 0 Å². The minimum atomic E-state index is -1.76. The smallest absolute Gasteiger partial charge is 0.302 e. The van der Waals surface area contributed by atoms with E-state index in [4.69, 9.17) is 18.9 Å². The summed E-state index contributed by atoms with van der Waals surface area (Å²) in [5.74, 6) is -0.640. The lowest BCUT2D eigenvalue weighted by Gasteiger charge is -2.42. The van der Waals surface area contributed by atoms with Crippen LogP contribution in [0.1, 0.15) is 6.92 Å². The van der Waals surface area contributed by atoms with Gasteiger partial charge in [0.1, 0.15) is 55.4 Å². The van der Waals surface area contributed by atoms with Gasteiger partial charge in [0, 0.05) is 6.92 Å². The molecule has 0 spiro atoms. The van der Waals surface area contributed by atoms with Crippen molar-refractivity contribution in [1.82, 2.24) is 0 Å². The van der Waals surface area contributed by atoms with E-state index in [-0.39, 0.29) is 0 Å². The second kappa shape index (κ2) is 8.84. The lowest BCUT2D eigenvalue weighted by molar-refractivity contribution is -0.326. The van der Waals surface area contributed by atoms with Crippen molar-refractivity contribution in [2.45, 2.75) is 68.3 Å². The van der Waals surface area contributed by atoms with Crippen molar-refractivity contribution in [2.75, 3.05) is 13.2 Å². The van der Waals surface area contributed by atoms with Gasteiger partial charge in [-0.25, -0.2) is 0 Å². The summed E-state index contributed by atoms with van der Waals surface area (Å²) >= 11 is 0. The van der Waals surface area contributed by atoms with Crippen molar-refractivity contribution >= 4 is 5.97 Å². The molecule has 0 aromatic heterocycles. The zero-order valence-corrected chi connectivity index (χ0v) is 13.9. The first-order valence-corrected chi connectivity index (χ1v) is 7.95. The molecule has 0 saturated carbocycles. The van der Waals surface area contributed by atoms with Crippen LogP contribution in [-0.2, 0) is 23.7 Å². The summed E-state index contributed by atoms with van der Waals surface area (Å²) in [6.07, 6.45) is -15.6. The molecule has 0 aromatic rings. The highest BCUT2D eigenvalue weighted by Crippen LogP contribution is 2.25. The second-order valence-electron chi connectivity index (χ2n) is 6.19. The molecule has 2 rings (SSSR count). The Morgan fingerprint density at radius 2 is 1.31 bits per heavy atom. The third-order valence-corrected chi connectivity index (χ3v) is 4.23. The van der Waals surface area contributed by atoms with Crippen LogP contribution < -0.4 is 0 Å². The number of hydrogen-bond acceptors (Lipinski definition) is 12. The Morgan fingerprint density at radius 1 is 0.769 bits per heavy atom. The number of hydrogen-bond donors (Lipinski definition) is 7. The van der Waals surface area contributed by atoms with Crippen LogP contribution in [0.15, 0.2) is 0 Å². The standard InChI is InChI=1S/C14H24O12/c1-4(15)23-2-6-8(17)10(19)12(21)14(26-6)24-3-5-7(16)9(18)11(20)13(22)25-5/h5-14,16-22H,2-3H2,1H3/t5?,6?,7-,8-,9+,10+,11?,12?,13?,14+/m1/s1. The average molecular weight is 384 g/mol. The fourth-order valence-electron chi connectivity index (χ4n) is 2.65. The van der Waals surface area contributed by atoms with E-state index >= 15 is 0 Å². The molecule has 0 aliphatic carbocycles. The molecule has 26 heavy (non-hydrogen) atoms. The molecule has 7 N–H and O–H groups in total. The van der Waals surface area contributed by atoms with Crippen molar-refractivity contribution in [3.05, 3.63) is 0 Å². The molecular weight excluding hydrogens is 360 g/mol. The van der Waals surface area contributed by atoms with Crippen LogP contribution in [0.2, 0.25) is 0 Å². The van der Waals surface area contributed by atoms with Gasteiger partial charge >= 0.3 is 5.97 Å². The molecule has 5 unspecified atom stereocenters. The molecule has 0 aromatic carbocycles. The van der Waals surface area contributed by atoms with Crippen LogP contribution in [-0.4, -0.2) is 116 Å². The molecule has 152 valence electrons. The Bertz CT molecular complexity index is 475. The van der Waals surface area contributed by atoms with Crippen LogP contribution in [0.4, 0.5) is 0 Å². The maximum Gasteiger partial charge on any atom is 0.302 e. The SMILES string of the molecule is CC(=O)OCC1O[C@H](OCC2OC(O)C(O)[C@@H](O)[C@@H]2O)C(O)[C@@H](O)[C@@H]1O. The van der Waals surface area contributed by atoms with Gasteiger partial charge in [0.2, 0.25) is 0 Å². The molecular formula is C14H24O12. The summed E-state index contributed by atoms with van der Waals surface area (Å²) in [5.41, 5.74) is 0. The van der Waals surface area contributed by atoms with Gasteiger partial charge in [-0.15, -0.1) is 0 Å². The van der Waals surface area contributed by atoms with E-state index in [1.165, 1.54) is 0 Å². The quantitative estimate of drug-likeness (QED) is 0.224. The fraction of sp³-hybridized carbons (Fsp3) is 0.929. The van der Waals surface area contributed by atoms with Gasteiger partial charge in [-0.05, 0) is 0 Å². The predicted molar refractivity (Wildman–Crippen MR) is 78.2 cm³/mol. The number of aliphatic hydroxyl groups is 7. The maximum atomic E-state index is 10.9. The van der Waals surface area contributed by atoms with Gasteiger partial charge in [-0.3, -0.25) is 4.79 Å². The van der Waals surface area contributed by atoms with Crippen LogP contribution in [0.5, 0.6) is 0 Å². The molecule has 2 fully saturated rings. The number of rotatable bonds is 5. The lowest BCUT2D eigenvalue weighted by Crippen LogP contribution is -2.61. The van der Waals surface area contributed by atoms with Crippen molar-refractivity contribution in [1.29, 1.82) is 0 Å². The highest BCUT2D eigenvalue weighted by Gasteiger charge is 2.47. The van der Waals surface area contributed by atoms with Crippen molar-refractivity contribution in [3.63, 3.8) is 0 Å². The first-order chi connectivity index (χ1) is 12.1. The normalized spacial score (nSPS) is 46.8. The molecule has 2 heterocycles. The van der Waals surface area contributed by atoms with Gasteiger partial charge in [-0.1, -0.05) is 0 Å². The van der Waals surface area contributed by atoms with Crippen LogP contribution in [0, 0.1) is 0 Å². The third kappa shape index (κ3) is 4.67. The highest BCUT2D eigenvalue weighted by atomic mass is 16.7. The zero-order valence-electron chi connectivity index (χ0n) is 13.9. The predicted octanol–water partition coefficient (Wildman–Crippen LogP) is -4.83. The van der Waals surface area contributed by atoms with E-state index < -0.39 is 80.6 Å². The van der Waals surface area contributed by atoms with Gasteiger partial charge in [-0.2, -0.15) is 0 Å². The number of carbonyl (C=O) groups excluding carboxylic acids is 1. The first-order valence-electron chi connectivity index (χ1n) is 7.95. The molecule has 10 atom stereocenters. The van der Waals surface area contributed by atoms with E-state index in [0.29, 0.717) is 0 Å². The van der Waals surface area contributed by atoms with Gasteiger partial charge < -0.3 is 54.7 Å². The second-order valence-corrected chi connectivity index (χ2v) is 6.19. The summed E-state index contributed by atoms with van der Waals surface area (Å²) < 4.78 is 20.1. The molecule has 0 radical (unpaired) electrons. The minimum absolute atomic E-state index is 0.397.